The largest absolute Gasteiger partial charge is 0.375 e. The van der Waals surface area contributed by atoms with E-state index in [9.17, 15) is 0 Å². The molecule has 33 heavy (non-hydrogen) atoms. The van der Waals surface area contributed by atoms with E-state index in [2.05, 4.69) is 76.6 Å². The van der Waals surface area contributed by atoms with Crippen LogP contribution in [0.15, 0.2) is 36.9 Å². The lowest BCUT2D eigenvalue weighted by Gasteiger charge is -2.45. The third-order valence-corrected chi connectivity index (χ3v) is 7.65. The Morgan fingerprint density at radius 1 is 1.03 bits per heavy atom. The van der Waals surface area contributed by atoms with Gasteiger partial charge in [-0.2, -0.15) is 0 Å². The lowest BCUT2D eigenvalue weighted by molar-refractivity contribution is -0.109. The van der Waals surface area contributed by atoms with Crippen LogP contribution in [0.3, 0.4) is 0 Å². The lowest BCUT2D eigenvalue weighted by Crippen LogP contribution is -2.50. The van der Waals surface area contributed by atoms with Crippen LogP contribution in [-0.2, 0) is 16.7 Å². The first-order valence-electron chi connectivity index (χ1n) is 11.9. The zero-order valence-electron chi connectivity index (χ0n) is 20.8. The van der Waals surface area contributed by atoms with Gasteiger partial charge in [0.1, 0.15) is 11.3 Å². The molecule has 4 heterocycles. The van der Waals surface area contributed by atoms with Crippen LogP contribution in [0.5, 0.6) is 0 Å². The average molecular weight is 449 g/mol. The first-order chi connectivity index (χ1) is 15.7. The van der Waals surface area contributed by atoms with E-state index in [1.165, 1.54) is 5.56 Å². The number of pyridine rings is 1. The third kappa shape index (κ3) is 4.62. The zero-order chi connectivity index (χ0) is 23.7. The van der Waals surface area contributed by atoms with E-state index in [-0.39, 0.29) is 16.6 Å². The monoisotopic (exact) mass is 448 g/mol. The van der Waals surface area contributed by atoms with Crippen molar-refractivity contribution in [3.63, 3.8) is 0 Å². The Balaban J connectivity index is 1.59. The normalized spacial score (nSPS) is 19.9. The van der Waals surface area contributed by atoms with E-state index < -0.39 is 0 Å². The lowest BCUT2D eigenvalue weighted by atomic mass is 9.69. The van der Waals surface area contributed by atoms with Gasteiger partial charge >= 0.3 is 0 Å². The molecule has 7 nitrogen and oxygen atoms in total. The summed E-state index contributed by atoms with van der Waals surface area (Å²) in [6.07, 6.45) is 9.94. The maximum atomic E-state index is 6.36. The predicted molar refractivity (Wildman–Crippen MR) is 130 cm³/mol. The highest BCUT2D eigenvalue weighted by Gasteiger charge is 2.52. The summed E-state index contributed by atoms with van der Waals surface area (Å²) >= 11 is 0. The molecule has 0 aliphatic carbocycles. The molecule has 176 valence electrons. The number of ether oxygens (including phenoxy) is 1. The van der Waals surface area contributed by atoms with Gasteiger partial charge in [0.25, 0.3) is 0 Å². The van der Waals surface area contributed by atoms with Gasteiger partial charge in [0.15, 0.2) is 5.65 Å². The minimum Gasteiger partial charge on any atom is -0.375 e. The van der Waals surface area contributed by atoms with Gasteiger partial charge in [0.05, 0.1) is 11.8 Å². The number of aromatic nitrogens is 5. The number of likely N-dealkylation sites (tertiary alicyclic amines) is 1. The molecule has 7 heteroatoms. The van der Waals surface area contributed by atoms with Gasteiger partial charge in [0, 0.05) is 54.8 Å². The molecule has 0 saturated carbocycles. The summed E-state index contributed by atoms with van der Waals surface area (Å²) in [7, 11) is 0. The highest BCUT2D eigenvalue weighted by atomic mass is 16.5. The van der Waals surface area contributed by atoms with Gasteiger partial charge in [-0.15, -0.1) is 0 Å². The first kappa shape index (κ1) is 23.6. The van der Waals surface area contributed by atoms with Crippen LogP contribution in [0, 0.1) is 12.3 Å². The molecule has 1 saturated heterocycles. The van der Waals surface area contributed by atoms with Gasteiger partial charge in [0.2, 0.25) is 0 Å². The average Bonchev–Trinajstić information content (AvgIpc) is 3.25. The first-order valence-corrected chi connectivity index (χ1v) is 11.9. The summed E-state index contributed by atoms with van der Waals surface area (Å²) in [5, 5.41) is 0. The SMILES string of the molecule is CCOC(C)(C)[C@@]1(CCc2ncc3nccnc3n2)CCN(C(C)(C)c2ccc(C)nc2)C1. The number of fused-ring (bicyclic) bond motifs is 1. The van der Waals surface area contributed by atoms with Crippen molar-refractivity contribution in [2.24, 2.45) is 5.41 Å². The van der Waals surface area contributed by atoms with Crippen LogP contribution in [0.2, 0.25) is 0 Å². The fourth-order valence-electron chi connectivity index (χ4n) is 5.15. The zero-order valence-corrected chi connectivity index (χ0v) is 20.8. The molecule has 1 aliphatic rings. The predicted octanol–water partition coefficient (Wildman–Crippen LogP) is 4.50. The van der Waals surface area contributed by atoms with Crippen molar-refractivity contribution in [1.82, 2.24) is 29.8 Å². The highest BCUT2D eigenvalue weighted by Crippen LogP contribution is 2.49. The van der Waals surface area contributed by atoms with E-state index in [1.54, 1.807) is 18.6 Å². The summed E-state index contributed by atoms with van der Waals surface area (Å²) in [6, 6.07) is 4.31. The van der Waals surface area contributed by atoms with Crippen molar-refractivity contribution < 1.29 is 4.74 Å². The second-order valence-corrected chi connectivity index (χ2v) is 10.2. The molecule has 0 N–H and O–H groups in total. The summed E-state index contributed by atoms with van der Waals surface area (Å²) in [4.78, 5) is 25.0. The van der Waals surface area contributed by atoms with Crippen molar-refractivity contribution in [3.8, 4) is 0 Å². The highest BCUT2D eigenvalue weighted by molar-refractivity contribution is 5.67. The Morgan fingerprint density at radius 2 is 1.82 bits per heavy atom. The van der Waals surface area contributed by atoms with Crippen LogP contribution in [0.4, 0.5) is 0 Å². The van der Waals surface area contributed by atoms with Gasteiger partial charge in [-0.3, -0.25) is 9.88 Å². The molecule has 0 spiro atoms. The Morgan fingerprint density at radius 3 is 2.55 bits per heavy atom. The Kier molecular flexibility index (Phi) is 6.47. The summed E-state index contributed by atoms with van der Waals surface area (Å²) in [6.45, 7) is 15.9. The second-order valence-electron chi connectivity index (χ2n) is 10.2. The number of nitrogens with zero attached hydrogens (tertiary/aromatic N) is 6. The molecule has 3 aromatic rings. The Labute approximate surface area is 197 Å². The molecular weight excluding hydrogens is 412 g/mol. The van der Waals surface area contributed by atoms with Crippen LogP contribution >= 0.6 is 0 Å². The van der Waals surface area contributed by atoms with E-state index in [1.807, 2.05) is 13.1 Å². The second kappa shape index (κ2) is 9.03. The quantitative estimate of drug-likeness (QED) is 0.502. The van der Waals surface area contributed by atoms with Crippen molar-refractivity contribution >= 4 is 11.2 Å². The standard InChI is InChI=1S/C26H36N6O/c1-7-33-25(5,6)26(11-10-22-30-17-21-23(31-22)28-14-13-27-21)12-15-32(18-26)24(3,4)20-9-8-19(2)29-16-20/h8-9,13-14,16-17H,7,10-12,15,18H2,1-6H3/t26-/m0/s1. The molecule has 1 aliphatic heterocycles. The number of hydrogen-bond donors (Lipinski definition) is 0. The molecule has 4 rings (SSSR count). The van der Waals surface area contributed by atoms with Crippen molar-refractivity contribution in [2.75, 3.05) is 19.7 Å². The molecule has 0 bridgehead atoms. The summed E-state index contributed by atoms with van der Waals surface area (Å²) < 4.78 is 6.36. The van der Waals surface area contributed by atoms with Crippen molar-refractivity contribution in [1.29, 1.82) is 0 Å². The number of aryl methyl sites for hydroxylation is 2. The summed E-state index contributed by atoms with van der Waals surface area (Å²) in [5.74, 6) is 0.815. The molecule has 3 aromatic heterocycles. The summed E-state index contributed by atoms with van der Waals surface area (Å²) in [5.41, 5.74) is 3.28. The Hall–Kier alpha value is -2.51. The van der Waals surface area contributed by atoms with Crippen molar-refractivity contribution in [2.45, 2.75) is 71.9 Å². The maximum absolute atomic E-state index is 6.36. The molecule has 0 unspecified atom stereocenters. The minimum absolute atomic E-state index is 0.0148. The Bertz CT molecular complexity index is 1100. The van der Waals surface area contributed by atoms with Crippen LogP contribution in [-0.4, -0.2) is 55.1 Å². The van der Waals surface area contributed by atoms with E-state index >= 15 is 0 Å². The molecule has 0 aromatic carbocycles. The molecule has 1 fully saturated rings. The maximum Gasteiger partial charge on any atom is 0.181 e. The van der Waals surface area contributed by atoms with Gasteiger partial charge < -0.3 is 4.74 Å². The van der Waals surface area contributed by atoms with E-state index in [0.717, 1.165) is 49.4 Å². The van der Waals surface area contributed by atoms with E-state index in [4.69, 9.17) is 4.74 Å². The van der Waals surface area contributed by atoms with Gasteiger partial charge in [-0.1, -0.05) is 6.07 Å². The van der Waals surface area contributed by atoms with Crippen molar-refractivity contribution in [3.05, 3.63) is 54.0 Å². The fourth-order valence-corrected chi connectivity index (χ4v) is 5.15. The molecule has 1 atom stereocenters. The van der Waals surface area contributed by atoms with Crippen LogP contribution in [0.25, 0.3) is 11.2 Å². The third-order valence-electron chi connectivity index (χ3n) is 7.65. The smallest absolute Gasteiger partial charge is 0.181 e. The molecule has 0 radical (unpaired) electrons. The molecular formula is C26H36N6O. The minimum atomic E-state index is -0.269. The fraction of sp³-hybridized carbons (Fsp3) is 0.577. The van der Waals surface area contributed by atoms with Crippen LogP contribution in [0.1, 0.15) is 64.5 Å². The van der Waals surface area contributed by atoms with Gasteiger partial charge in [-0.25, -0.2) is 19.9 Å². The topological polar surface area (TPSA) is 76.9 Å². The number of rotatable bonds is 8. The van der Waals surface area contributed by atoms with Gasteiger partial charge in [-0.05, 0) is 72.6 Å². The van der Waals surface area contributed by atoms with Crippen LogP contribution < -0.4 is 0 Å². The molecule has 0 amide bonds. The number of hydrogen-bond acceptors (Lipinski definition) is 7. The van der Waals surface area contributed by atoms with E-state index in [0.29, 0.717) is 12.3 Å².